The van der Waals surface area contributed by atoms with E-state index >= 15 is 0 Å². The first-order valence-electron chi connectivity index (χ1n) is 6.69. The molecule has 1 N–H and O–H groups in total. The SMILES string of the molecule is CCCn1cc(NCc2ccccc2C)ccc1=O. The Morgan fingerprint density at radius 3 is 2.68 bits per heavy atom. The minimum atomic E-state index is 0.0586. The Hall–Kier alpha value is -2.03. The van der Waals surface area contributed by atoms with Gasteiger partial charge in [-0.25, -0.2) is 0 Å². The van der Waals surface area contributed by atoms with Gasteiger partial charge in [-0.1, -0.05) is 31.2 Å². The fraction of sp³-hybridized carbons (Fsp3) is 0.312. The lowest BCUT2D eigenvalue weighted by molar-refractivity contribution is 0.655. The summed E-state index contributed by atoms with van der Waals surface area (Å²) >= 11 is 0. The van der Waals surface area contributed by atoms with E-state index in [1.54, 1.807) is 10.6 Å². The third kappa shape index (κ3) is 3.47. The van der Waals surface area contributed by atoms with Crippen LogP contribution in [-0.4, -0.2) is 4.57 Å². The average Bonchev–Trinajstić information content (AvgIpc) is 2.41. The van der Waals surface area contributed by atoms with Crippen molar-refractivity contribution in [3.05, 3.63) is 64.1 Å². The zero-order valence-electron chi connectivity index (χ0n) is 11.5. The summed E-state index contributed by atoms with van der Waals surface area (Å²) < 4.78 is 1.75. The molecule has 0 aliphatic carbocycles. The lowest BCUT2D eigenvalue weighted by Gasteiger charge is -2.11. The van der Waals surface area contributed by atoms with E-state index in [0.29, 0.717) is 0 Å². The number of hydrogen-bond acceptors (Lipinski definition) is 2. The molecular weight excluding hydrogens is 236 g/mol. The average molecular weight is 256 g/mol. The summed E-state index contributed by atoms with van der Waals surface area (Å²) in [6.45, 7) is 5.71. The Labute approximate surface area is 113 Å². The number of rotatable bonds is 5. The summed E-state index contributed by atoms with van der Waals surface area (Å²) in [7, 11) is 0. The van der Waals surface area contributed by atoms with Crippen LogP contribution in [0.4, 0.5) is 5.69 Å². The molecule has 0 spiro atoms. The molecule has 1 aromatic carbocycles. The van der Waals surface area contributed by atoms with E-state index in [-0.39, 0.29) is 5.56 Å². The van der Waals surface area contributed by atoms with Crippen molar-refractivity contribution >= 4 is 5.69 Å². The molecule has 3 heteroatoms. The second-order valence-electron chi connectivity index (χ2n) is 4.73. The van der Waals surface area contributed by atoms with Crippen LogP contribution in [0.25, 0.3) is 0 Å². The van der Waals surface area contributed by atoms with Gasteiger partial charge >= 0.3 is 0 Å². The smallest absolute Gasteiger partial charge is 0.250 e. The quantitative estimate of drug-likeness (QED) is 0.891. The van der Waals surface area contributed by atoms with Gasteiger partial charge in [0.25, 0.3) is 5.56 Å². The molecule has 19 heavy (non-hydrogen) atoms. The highest BCUT2D eigenvalue weighted by Crippen LogP contribution is 2.11. The van der Waals surface area contributed by atoms with Gasteiger partial charge in [0.05, 0.1) is 5.69 Å². The van der Waals surface area contributed by atoms with Crippen LogP contribution in [0, 0.1) is 6.92 Å². The molecule has 100 valence electrons. The normalized spacial score (nSPS) is 10.4. The zero-order chi connectivity index (χ0) is 13.7. The Morgan fingerprint density at radius 2 is 1.95 bits per heavy atom. The molecule has 2 aromatic rings. The van der Waals surface area contributed by atoms with Gasteiger partial charge in [0, 0.05) is 25.4 Å². The van der Waals surface area contributed by atoms with Gasteiger partial charge in [-0.05, 0) is 30.5 Å². The highest BCUT2D eigenvalue weighted by molar-refractivity contribution is 5.42. The van der Waals surface area contributed by atoms with Crippen LogP contribution in [0.3, 0.4) is 0 Å². The van der Waals surface area contributed by atoms with Gasteiger partial charge in [-0.15, -0.1) is 0 Å². The largest absolute Gasteiger partial charge is 0.380 e. The third-order valence-electron chi connectivity index (χ3n) is 3.19. The summed E-state index contributed by atoms with van der Waals surface area (Å²) in [5.74, 6) is 0. The summed E-state index contributed by atoms with van der Waals surface area (Å²) in [5, 5.41) is 3.37. The Bertz CT molecular complexity index is 602. The van der Waals surface area contributed by atoms with Crippen LogP contribution in [0.15, 0.2) is 47.4 Å². The number of anilines is 1. The number of nitrogens with zero attached hydrogens (tertiary/aromatic N) is 1. The molecule has 0 atom stereocenters. The molecule has 3 nitrogen and oxygen atoms in total. The summed E-state index contributed by atoms with van der Waals surface area (Å²) in [6, 6.07) is 11.8. The lowest BCUT2D eigenvalue weighted by Crippen LogP contribution is -2.18. The van der Waals surface area contributed by atoms with Crippen molar-refractivity contribution in [1.29, 1.82) is 0 Å². The first kappa shape index (κ1) is 13.4. The minimum Gasteiger partial charge on any atom is -0.380 e. The third-order valence-corrected chi connectivity index (χ3v) is 3.19. The van der Waals surface area contributed by atoms with Gasteiger partial charge in [-0.2, -0.15) is 0 Å². The highest BCUT2D eigenvalue weighted by Gasteiger charge is 2.00. The number of aromatic nitrogens is 1. The van der Waals surface area contributed by atoms with Crippen molar-refractivity contribution in [1.82, 2.24) is 4.57 Å². The monoisotopic (exact) mass is 256 g/mol. The maximum Gasteiger partial charge on any atom is 0.250 e. The van der Waals surface area contributed by atoms with E-state index in [1.807, 2.05) is 24.4 Å². The molecule has 0 radical (unpaired) electrons. The van der Waals surface area contributed by atoms with E-state index in [2.05, 4.69) is 31.3 Å². The van der Waals surface area contributed by atoms with Crippen LogP contribution in [-0.2, 0) is 13.1 Å². The van der Waals surface area contributed by atoms with Gasteiger partial charge in [-0.3, -0.25) is 4.79 Å². The molecule has 1 aromatic heterocycles. The molecule has 1 heterocycles. The van der Waals surface area contributed by atoms with Crippen molar-refractivity contribution in [3.63, 3.8) is 0 Å². The standard InChI is InChI=1S/C16H20N2O/c1-3-10-18-12-15(8-9-16(18)19)17-11-14-7-5-4-6-13(14)2/h4-9,12,17H,3,10-11H2,1-2H3. The molecule has 2 rings (SSSR count). The molecule has 0 saturated carbocycles. The molecule has 0 aliphatic rings. The lowest BCUT2D eigenvalue weighted by atomic mass is 10.1. The molecule has 0 bridgehead atoms. The molecule has 0 aliphatic heterocycles. The second-order valence-corrected chi connectivity index (χ2v) is 4.73. The predicted molar refractivity (Wildman–Crippen MR) is 79.5 cm³/mol. The summed E-state index contributed by atoms with van der Waals surface area (Å²) in [4.78, 5) is 11.6. The molecular formula is C16H20N2O. The van der Waals surface area contributed by atoms with Gasteiger partial charge in [0.1, 0.15) is 0 Å². The zero-order valence-corrected chi connectivity index (χ0v) is 11.5. The van der Waals surface area contributed by atoms with Crippen LogP contribution in [0.2, 0.25) is 0 Å². The maximum absolute atomic E-state index is 11.6. The maximum atomic E-state index is 11.6. The first-order chi connectivity index (χ1) is 9.20. The van der Waals surface area contributed by atoms with Crippen molar-refractivity contribution in [3.8, 4) is 0 Å². The number of hydrogen-bond donors (Lipinski definition) is 1. The highest BCUT2D eigenvalue weighted by atomic mass is 16.1. The summed E-state index contributed by atoms with van der Waals surface area (Å²) in [5.41, 5.74) is 3.59. The summed E-state index contributed by atoms with van der Waals surface area (Å²) in [6.07, 6.45) is 2.85. The number of aryl methyl sites for hydroxylation is 2. The van der Waals surface area contributed by atoms with Gasteiger partial charge < -0.3 is 9.88 Å². The molecule has 0 fully saturated rings. The second kappa shape index (κ2) is 6.23. The van der Waals surface area contributed by atoms with Crippen molar-refractivity contribution in [2.24, 2.45) is 0 Å². The van der Waals surface area contributed by atoms with E-state index in [1.165, 1.54) is 11.1 Å². The van der Waals surface area contributed by atoms with Crippen molar-refractivity contribution in [2.45, 2.75) is 33.4 Å². The fourth-order valence-corrected chi connectivity index (χ4v) is 2.06. The Kier molecular flexibility index (Phi) is 4.39. The number of pyridine rings is 1. The van der Waals surface area contributed by atoms with Gasteiger partial charge in [0.2, 0.25) is 0 Å². The Balaban J connectivity index is 2.10. The van der Waals surface area contributed by atoms with Gasteiger partial charge in [0.15, 0.2) is 0 Å². The van der Waals surface area contributed by atoms with E-state index < -0.39 is 0 Å². The van der Waals surface area contributed by atoms with Crippen LogP contribution >= 0.6 is 0 Å². The van der Waals surface area contributed by atoms with Crippen molar-refractivity contribution in [2.75, 3.05) is 5.32 Å². The Morgan fingerprint density at radius 1 is 1.16 bits per heavy atom. The first-order valence-corrected chi connectivity index (χ1v) is 6.69. The van der Waals surface area contributed by atoms with Crippen LogP contribution in [0.1, 0.15) is 24.5 Å². The van der Waals surface area contributed by atoms with E-state index in [4.69, 9.17) is 0 Å². The van der Waals surface area contributed by atoms with Crippen LogP contribution in [0.5, 0.6) is 0 Å². The molecule has 0 amide bonds. The topological polar surface area (TPSA) is 34.0 Å². The number of nitrogens with one attached hydrogen (secondary N) is 1. The number of benzene rings is 1. The fourth-order valence-electron chi connectivity index (χ4n) is 2.06. The molecule has 0 saturated heterocycles. The van der Waals surface area contributed by atoms with E-state index in [0.717, 1.165) is 25.2 Å². The van der Waals surface area contributed by atoms with Crippen LogP contribution < -0.4 is 10.9 Å². The minimum absolute atomic E-state index is 0.0586. The van der Waals surface area contributed by atoms with E-state index in [9.17, 15) is 4.79 Å². The molecule has 0 unspecified atom stereocenters. The predicted octanol–water partition coefficient (Wildman–Crippen LogP) is 3.18. The van der Waals surface area contributed by atoms with Crippen molar-refractivity contribution < 1.29 is 0 Å².